The van der Waals surface area contributed by atoms with Gasteiger partial charge in [0.15, 0.2) is 0 Å². The summed E-state index contributed by atoms with van der Waals surface area (Å²) in [6.07, 6.45) is 6.17. The van der Waals surface area contributed by atoms with Crippen LogP contribution in [0.5, 0.6) is 0 Å². The van der Waals surface area contributed by atoms with Crippen LogP contribution in [-0.2, 0) is 11.3 Å². The van der Waals surface area contributed by atoms with Crippen LogP contribution in [0.15, 0.2) is 78.9 Å². The maximum absolute atomic E-state index is 12.3. The van der Waals surface area contributed by atoms with Crippen molar-refractivity contribution in [3.8, 4) is 11.1 Å². The smallest absolute Gasteiger partial charge is 0.248 e. The third-order valence-corrected chi connectivity index (χ3v) is 5.71. The first-order chi connectivity index (χ1) is 15.0. The van der Waals surface area contributed by atoms with E-state index in [1.54, 1.807) is 6.08 Å². The zero-order valence-corrected chi connectivity index (χ0v) is 18.5. The minimum Gasteiger partial charge on any atom is -0.323 e. The topological polar surface area (TPSA) is 32.3 Å². The first kappa shape index (κ1) is 21.4. The molecule has 0 aliphatic heterocycles. The van der Waals surface area contributed by atoms with E-state index in [1.807, 2.05) is 54.6 Å². The van der Waals surface area contributed by atoms with E-state index in [9.17, 15) is 4.79 Å². The molecule has 4 rings (SSSR count). The lowest BCUT2D eigenvalue weighted by Gasteiger charge is -2.16. The van der Waals surface area contributed by atoms with E-state index < -0.39 is 0 Å². The monoisotopic (exact) mass is 430 g/mol. The molecule has 0 saturated heterocycles. The second kappa shape index (κ2) is 9.95. The van der Waals surface area contributed by atoms with Gasteiger partial charge in [-0.2, -0.15) is 0 Å². The third kappa shape index (κ3) is 6.55. The van der Waals surface area contributed by atoms with Gasteiger partial charge in [-0.25, -0.2) is 0 Å². The lowest BCUT2D eigenvalue weighted by Crippen LogP contribution is -2.20. The number of anilines is 1. The number of carbonyl (C=O) groups excluding carboxylic acids is 1. The summed E-state index contributed by atoms with van der Waals surface area (Å²) >= 11 is 5.95. The fourth-order valence-corrected chi connectivity index (χ4v) is 3.72. The zero-order chi connectivity index (χ0) is 21.6. The van der Waals surface area contributed by atoms with E-state index in [-0.39, 0.29) is 5.91 Å². The molecule has 1 fully saturated rings. The molecule has 0 unspecified atom stereocenters. The second-order valence-electron chi connectivity index (χ2n) is 8.29. The van der Waals surface area contributed by atoms with Gasteiger partial charge in [-0.05, 0) is 78.4 Å². The highest BCUT2D eigenvalue weighted by atomic mass is 35.5. The molecule has 1 saturated carbocycles. The van der Waals surface area contributed by atoms with Gasteiger partial charge in [0.2, 0.25) is 5.91 Å². The fraction of sp³-hybridized carbons (Fsp3) is 0.222. The zero-order valence-electron chi connectivity index (χ0n) is 17.7. The van der Waals surface area contributed by atoms with Crippen molar-refractivity contribution in [2.75, 3.05) is 18.9 Å². The van der Waals surface area contributed by atoms with Crippen molar-refractivity contribution in [1.82, 2.24) is 4.90 Å². The Kier molecular flexibility index (Phi) is 6.86. The molecule has 0 bridgehead atoms. The maximum Gasteiger partial charge on any atom is 0.248 e. The summed E-state index contributed by atoms with van der Waals surface area (Å²) in [5.41, 5.74) is 5.24. The summed E-state index contributed by atoms with van der Waals surface area (Å²) in [5, 5.41) is 3.63. The Morgan fingerprint density at radius 2 is 1.58 bits per heavy atom. The van der Waals surface area contributed by atoms with Crippen molar-refractivity contribution in [3.05, 3.63) is 95.0 Å². The van der Waals surface area contributed by atoms with Gasteiger partial charge in [0.05, 0.1) is 0 Å². The predicted octanol–water partition coefficient (Wildman–Crippen LogP) is 6.50. The molecule has 0 atom stereocenters. The van der Waals surface area contributed by atoms with Crippen molar-refractivity contribution in [2.45, 2.75) is 19.4 Å². The SMILES string of the molecule is CN(Cc1ccc(C=CC(=O)Nc2ccc(-c3ccc(Cl)cc3)cc2)cc1)CC1CC1. The number of benzene rings is 3. The quantitative estimate of drug-likeness (QED) is 0.413. The molecule has 0 aromatic heterocycles. The molecule has 3 aromatic rings. The fourth-order valence-electron chi connectivity index (χ4n) is 3.60. The summed E-state index contributed by atoms with van der Waals surface area (Å²) in [4.78, 5) is 14.7. The number of amides is 1. The predicted molar refractivity (Wildman–Crippen MR) is 130 cm³/mol. The van der Waals surface area contributed by atoms with E-state index in [0.717, 1.165) is 39.9 Å². The lowest BCUT2D eigenvalue weighted by atomic mass is 10.1. The highest BCUT2D eigenvalue weighted by Gasteiger charge is 2.22. The largest absolute Gasteiger partial charge is 0.323 e. The summed E-state index contributed by atoms with van der Waals surface area (Å²) in [6.45, 7) is 2.15. The minimum absolute atomic E-state index is 0.146. The number of rotatable bonds is 8. The molecular formula is C27H27ClN2O. The van der Waals surface area contributed by atoms with Crippen molar-refractivity contribution in [2.24, 2.45) is 5.92 Å². The summed E-state index contributed by atoms with van der Waals surface area (Å²) < 4.78 is 0. The maximum atomic E-state index is 12.3. The Hall–Kier alpha value is -2.88. The van der Waals surface area contributed by atoms with Crippen molar-refractivity contribution < 1.29 is 4.79 Å². The number of nitrogens with one attached hydrogen (secondary N) is 1. The van der Waals surface area contributed by atoms with Crippen LogP contribution in [-0.4, -0.2) is 24.4 Å². The lowest BCUT2D eigenvalue weighted by molar-refractivity contribution is -0.111. The number of carbonyl (C=O) groups is 1. The van der Waals surface area contributed by atoms with Gasteiger partial charge in [-0.15, -0.1) is 0 Å². The number of halogens is 1. The Morgan fingerprint density at radius 3 is 2.19 bits per heavy atom. The van der Waals surface area contributed by atoms with Crippen LogP contribution in [0.4, 0.5) is 5.69 Å². The standard InChI is InChI=1S/C27H27ClN2O/c1-30(19-22-6-7-22)18-21-4-2-20(3-5-21)8-17-27(31)29-26-15-11-24(12-16-26)23-9-13-25(28)14-10-23/h2-5,8-17,22H,6-7,18-19H2,1H3,(H,29,31). The number of nitrogens with zero attached hydrogens (tertiary/aromatic N) is 1. The van der Waals surface area contributed by atoms with E-state index in [0.29, 0.717) is 0 Å². The first-order valence-corrected chi connectivity index (χ1v) is 11.1. The van der Waals surface area contributed by atoms with E-state index >= 15 is 0 Å². The Morgan fingerprint density at radius 1 is 0.968 bits per heavy atom. The van der Waals surface area contributed by atoms with E-state index in [1.165, 1.54) is 24.9 Å². The van der Waals surface area contributed by atoms with E-state index in [4.69, 9.17) is 11.6 Å². The van der Waals surface area contributed by atoms with Gasteiger partial charge >= 0.3 is 0 Å². The van der Waals surface area contributed by atoms with Crippen molar-refractivity contribution in [1.29, 1.82) is 0 Å². The summed E-state index contributed by atoms with van der Waals surface area (Å²) in [7, 11) is 2.18. The second-order valence-corrected chi connectivity index (χ2v) is 8.72. The molecule has 1 aliphatic rings. The molecule has 3 nitrogen and oxygen atoms in total. The molecule has 3 aromatic carbocycles. The molecule has 0 radical (unpaired) electrons. The Balaban J connectivity index is 1.29. The van der Waals surface area contributed by atoms with Crippen LogP contribution < -0.4 is 5.32 Å². The number of hydrogen-bond acceptors (Lipinski definition) is 2. The molecule has 158 valence electrons. The Labute approximate surface area is 189 Å². The van der Waals surface area contributed by atoms with Crippen molar-refractivity contribution in [3.63, 3.8) is 0 Å². The average molecular weight is 431 g/mol. The number of hydrogen-bond donors (Lipinski definition) is 1. The van der Waals surface area contributed by atoms with Crippen LogP contribution in [0.3, 0.4) is 0 Å². The first-order valence-electron chi connectivity index (χ1n) is 10.7. The third-order valence-electron chi connectivity index (χ3n) is 5.46. The molecule has 31 heavy (non-hydrogen) atoms. The van der Waals surface area contributed by atoms with Gasteiger partial charge in [-0.3, -0.25) is 4.79 Å². The molecule has 1 aliphatic carbocycles. The van der Waals surface area contributed by atoms with Gasteiger partial charge in [0, 0.05) is 29.9 Å². The molecule has 4 heteroatoms. The van der Waals surface area contributed by atoms with Gasteiger partial charge < -0.3 is 10.2 Å². The molecule has 1 amide bonds. The molecule has 0 spiro atoms. The highest BCUT2D eigenvalue weighted by Crippen LogP contribution is 2.29. The Bertz CT molecular complexity index is 1040. The van der Waals surface area contributed by atoms with Crippen LogP contribution in [0.25, 0.3) is 17.2 Å². The van der Waals surface area contributed by atoms with Gasteiger partial charge in [0.1, 0.15) is 0 Å². The van der Waals surface area contributed by atoms with E-state index in [2.05, 4.69) is 41.5 Å². The molecule has 1 N–H and O–H groups in total. The minimum atomic E-state index is -0.146. The normalized spacial score (nSPS) is 13.6. The van der Waals surface area contributed by atoms with Crippen LogP contribution in [0.2, 0.25) is 5.02 Å². The van der Waals surface area contributed by atoms with Crippen LogP contribution >= 0.6 is 11.6 Å². The average Bonchev–Trinajstić information content (AvgIpc) is 3.58. The summed E-state index contributed by atoms with van der Waals surface area (Å²) in [5.74, 6) is 0.756. The van der Waals surface area contributed by atoms with Crippen molar-refractivity contribution >= 4 is 29.3 Å². The van der Waals surface area contributed by atoms with Crippen LogP contribution in [0.1, 0.15) is 24.0 Å². The highest BCUT2D eigenvalue weighted by molar-refractivity contribution is 6.30. The molecular weight excluding hydrogens is 404 g/mol. The van der Waals surface area contributed by atoms with Gasteiger partial charge in [0.25, 0.3) is 0 Å². The summed E-state index contributed by atoms with van der Waals surface area (Å²) in [6, 6.07) is 23.9. The van der Waals surface area contributed by atoms with Gasteiger partial charge in [-0.1, -0.05) is 60.1 Å². The molecule has 0 heterocycles. The van der Waals surface area contributed by atoms with Crippen LogP contribution in [0, 0.1) is 5.92 Å².